The number of nitrogens with one attached hydrogen (secondary N) is 1. The quantitative estimate of drug-likeness (QED) is 0.853. The second kappa shape index (κ2) is 5.27. The van der Waals surface area contributed by atoms with Gasteiger partial charge in [-0.1, -0.05) is 0 Å². The molecule has 4 nitrogen and oxygen atoms in total. The molecule has 1 aromatic rings. The average molecular weight is 234 g/mol. The van der Waals surface area contributed by atoms with Crippen LogP contribution in [0.2, 0.25) is 0 Å². The molecule has 1 aliphatic heterocycles. The van der Waals surface area contributed by atoms with Crippen molar-refractivity contribution in [2.75, 3.05) is 11.9 Å². The maximum atomic E-state index is 12.1. The maximum Gasteiger partial charge on any atom is 0.230 e. The number of rotatable bonds is 2. The lowest BCUT2D eigenvalue weighted by atomic mass is 9.94. The van der Waals surface area contributed by atoms with Crippen LogP contribution >= 0.6 is 0 Å². The van der Waals surface area contributed by atoms with Crippen LogP contribution in [0.25, 0.3) is 0 Å². The summed E-state index contributed by atoms with van der Waals surface area (Å²) in [7, 11) is 0. The van der Waals surface area contributed by atoms with Gasteiger partial charge in [-0.15, -0.1) is 0 Å². The molecular formula is C13H18N2O2. The van der Waals surface area contributed by atoms with Gasteiger partial charge in [-0.25, -0.2) is 0 Å². The molecule has 4 heteroatoms. The molecule has 0 radical (unpaired) electrons. The van der Waals surface area contributed by atoms with Crippen molar-refractivity contribution in [2.45, 2.75) is 32.8 Å². The molecule has 1 aromatic heterocycles. The Morgan fingerprint density at radius 2 is 2.41 bits per heavy atom. The van der Waals surface area contributed by atoms with Crippen molar-refractivity contribution in [2.24, 2.45) is 5.92 Å². The van der Waals surface area contributed by atoms with Crippen molar-refractivity contribution < 1.29 is 9.53 Å². The third-order valence-electron chi connectivity index (χ3n) is 3.24. The van der Waals surface area contributed by atoms with Gasteiger partial charge in [0.05, 0.1) is 23.9 Å². The molecule has 2 rings (SSSR count). The number of carbonyl (C=O) groups is 1. The third-order valence-corrected chi connectivity index (χ3v) is 3.24. The van der Waals surface area contributed by atoms with E-state index in [0.29, 0.717) is 0 Å². The molecule has 0 bridgehead atoms. The molecular weight excluding hydrogens is 216 g/mol. The number of aromatic nitrogens is 1. The average Bonchev–Trinajstić information content (AvgIpc) is 2.32. The summed E-state index contributed by atoms with van der Waals surface area (Å²) in [5.41, 5.74) is 1.81. The Kier molecular flexibility index (Phi) is 3.74. The number of aryl methyl sites for hydroxylation is 1. The normalized spacial score (nSPS) is 24.4. The fourth-order valence-electron chi connectivity index (χ4n) is 2.09. The molecule has 1 saturated heterocycles. The van der Waals surface area contributed by atoms with Crippen LogP contribution in [0.1, 0.15) is 25.3 Å². The smallest absolute Gasteiger partial charge is 0.230 e. The lowest BCUT2D eigenvalue weighted by molar-refractivity contribution is -0.127. The fourth-order valence-corrected chi connectivity index (χ4v) is 2.09. The van der Waals surface area contributed by atoms with E-state index in [2.05, 4.69) is 10.3 Å². The summed E-state index contributed by atoms with van der Waals surface area (Å²) in [6.07, 6.45) is 5.25. The first-order valence-corrected chi connectivity index (χ1v) is 6.01. The Bertz CT molecular complexity index is 406. The predicted molar refractivity (Wildman–Crippen MR) is 65.7 cm³/mol. The van der Waals surface area contributed by atoms with Gasteiger partial charge in [0.25, 0.3) is 0 Å². The lowest BCUT2D eigenvalue weighted by Gasteiger charge is -2.28. The fraction of sp³-hybridized carbons (Fsp3) is 0.538. The topological polar surface area (TPSA) is 51.2 Å². The molecule has 0 aliphatic carbocycles. The first-order chi connectivity index (χ1) is 8.18. The van der Waals surface area contributed by atoms with Crippen LogP contribution < -0.4 is 5.32 Å². The van der Waals surface area contributed by atoms with E-state index in [1.165, 1.54) is 0 Å². The SMILES string of the molecule is Cc1ccncc1NC(=O)C1CCCOC1C. The third kappa shape index (κ3) is 2.82. The van der Waals surface area contributed by atoms with Gasteiger partial charge in [-0.2, -0.15) is 0 Å². The highest BCUT2D eigenvalue weighted by Gasteiger charge is 2.28. The molecule has 0 saturated carbocycles. The maximum absolute atomic E-state index is 12.1. The molecule has 1 fully saturated rings. The van der Waals surface area contributed by atoms with Crippen LogP contribution in [0.5, 0.6) is 0 Å². The van der Waals surface area contributed by atoms with Crippen molar-refractivity contribution in [3.05, 3.63) is 24.0 Å². The van der Waals surface area contributed by atoms with Gasteiger partial charge in [0.1, 0.15) is 0 Å². The molecule has 1 N–H and O–H groups in total. The largest absolute Gasteiger partial charge is 0.378 e. The first-order valence-electron chi connectivity index (χ1n) is 6.01. The summed E-state index contributed by atoms with van der Waals surface area (Å²) >= 11 is 0. The number of anilines is 1. The summed E-state index contributed by atoms with van der Waals surface area (Å²) < 4.78 is 5.50. The Morgan fingerprint density at radius 3 is 3.12 bits per heavy atom. The van der Waals surface area contributed by atoms with Gasteiger partial charge in [0.2, 0.25) is 5.91 Å². The van der Waals surface area contributed by atoms with Gasteiger partial charge >= 0.3 is 0 Å². The zero-order chi connectivity index (χ0) is 12.3. The van der Waals surface area contributed by atoms with Crippen molar-refractivity contribution >= 4 is 11.6 Å². The molecule has 1 amide bonds. The molecule has 0 aromatic carbocycles. The predicted octanol–water partition coefficient (Wildman–Crippen LogP) is 2.14. The summed E-state index contributed by atoms with van der Waals surface area (Å²) in [4.78, 5) is 16.1. The second-order valence-corrected chi connectivity index (χ2v) is 4.50. The van der Waals surface area contributed by atoms with Crippen molar-refractivity contribution in [3.8, 4) is 0 Å². The van der Waals surface area contributed by atoms with E-state index in [-0.39, 0.29) is 17.9 Å². The van der Waals surface area contributed by atoms with Gasteiger partial charge < -0.3 is 10.1 Å². The highest BCUT2D eigenvalue weighted by molar-refractivity contribution is 5.93. The van der Waals surface area contributed by atoms with Crippen LogP contribution in [-0.4, -0.2) is 23.6 Å². The summed E-state index contributed by atoms with van der Waals surface area (Å²) in [6, 6.07) is 1.89. The van der Waals surface area contributed by atoms with Gasteiger partial charge in [0.15, 0.2) is 0 Å². The van der Waals surface area contributed by atoms with E-state index < -0.39 is 0 Å². The number of amides is 1. The Labute approximate surface area is 101 Å². The van der Waals surface area contributed by atoms with Gasteiger partial charge in [-0.05, 0) is 38.3 Å². The Balaban J connectivity index is 2.03. The molecule has 2 heterocycles. The van der Waals surface area contributed by atoms with Crippen molar-refractivity contribution in [1.82, 2.24) is 4.98 Å². The van der Waals surface area contributed by atoms with E-state index in [1.807, 2.05) is 19.9 Å². The highest BCUT2D eigenvalue weighted by Crippen LogP contribution is 2.22. The van der Waals surface area contributed by atoms with Crippen molar-refractivity contribution in [3.63, 3.8) is 0 Å². The first kappa shape index (κ1) is 12.0. The minimum atomic E-state index is -0.0524. The lowest BCUT2D eigenvalue weighted by Crippen LogP contribution is -2.36. The van der Waals surface area contributed by atoms with Crippen LogP contribution in [-0.2, 0) is 9.53 Å². The number of carbonyl (C=O) groups excluding carboxylic acids is 1. The van der Waals surface area contributed by atoms with Crippen LogP contribution in [0.3, 0.4) is 0 Å². The van der Waals surface area contributed by atoms with Gasteiger partial charge in [0, 0.05) is 12.8 Å². The van der Waals surface area contributed by atoms with Gasteiger partial charge in [-0.3, -0.25) is 9.78 Å². The minimum absolute atomic E-state index is 0.000674. The van der Waals surface area contributed by atoms with Crippen LogP contribution in [0.4, 0.5) is 5.69 Å². The zero-order valence-electron chi connectivity index (χ0n) is 10.3. The molecule has 0 spiro atoms. The molecule has 2 atom stereocenters. The number of ether oxygens (including phenoxy) is 1. The van der Waals surface area contributed by atoms with E-state index in [4.69, 9.17) is 4.74 Å². The summed E-state index contributed by atoms with van der Waals surface area (Å²) in [5.74, 6) is -0.0170. The summed E-state index contributed by atoms with van der Waals surface area (Å²) in [5, 5.41) is 2.93. The Morgan fingerprint density at radius 1 is 1.59 bits per heavy atom. The number of pyridine rings is 1. The highest BCUT2D eigenvalue weighted by atomic mass is 16.5. The zero-order valence-corrected chi connectivity index (χ0v) is 10.3. The van der Waals surface area contributed by atoms with E-state index in [1.54, 1.807) is 12.4 Å². The van der Waals surface area contributed by atoms with Crippen LogP contribution in [0.15, 0.2) is 18.5 Å². The van der Waals surface area contributed by atoms with E-state index in [0.717, 1.165) is 30.7 Å². The van der Waals surface area contributed by atoms with E-state index in [9.17, 15) is 4.79 Å². The minimum Gasteiger partial charge on any atom is -0.378 e. The molecule has 17 heavy (non-hydrogen) atoms. The molecule has 2 unspecified atom stereocenters. The number of hydrogen-bond donors (Lipinski definition) is 1. The van der Waals surface area contributed by atoms with E-state index >= 15 is 0 Å². The Hall–Kier alpha value is -1.42. The molecule has 92 valence electrons. The second-order valence-electron chi connectivity index (χ2n) is 4.50. The molecule has 1 aliphatic rings. The van der Waals surface area contributed by atoms with Crippen LogP contribution in [0, 0.1) is 12.8 Å². The number of hydrogen-bond acceptors (Lipinski definition) is 3. The monoisotopic (exact) mass is 234 g/mol. The standard InChI is InChI=1S/C13H18N2O2/c1-9-5-6-14-8-12(9)15-13(16)11-4-3-7-17-10(11)2/h5-6,8,10-11H,3-4,7H2,1-2H3,(H,15,16). The summed E-state index contributed by atoms with van der Waals surface area (Å²) in [6.45, 7) is 4.68. The number of nitrogens with zero attached hydrogens (tertiary/aromatic N) is 1. The van der Waals surface area contributed by atoms with Crippen molar-refractivity contribution in [1.29, 1.82) is 0 Å².